The van der Waals surface area contributed by atoms with Crippen LogP contribution in [0.1, 0.15) is 17.5 Å². The van der Waals surface area contributed by atoms with Crippen LogP contribution in [0.3, 0.4) is 0 Å². The molecule has 82 valence electrons. The Balaban J connectivity index is 2.32. The molecule has 3 heteroatoms. The zero-order valence-electron chi connectivity index (χ0n) is 9.08. The third kappa shape index (κ3) is 1.24. The Hall–Kier alpha value is -1.77. The maximum atomic E-state index is 11.5. The molecule has 3 rings (SSSR count). The van der Waals surface area contributed by atoms with E-state index in [1.165, 1.54) is 5.56 Å². The van der Waals surface area contributed by atoms with E-state index in [0.29, 0.717) is 12.8 Å². The number of aryl methyl sites for hydroxylation is 1. The maximum absolute atomic E-state index is 11.5. The van der Waals surface area contributed by atoms with E-state index in [1.54, 1.807) is 13.4 Å². The van der Waals surface area contributed by atoms with Gasteiger partial charge in [0, 0.05) is 23.8 Å². The standard InChI is InChI=1S/C13H12O3/c1-15-13-11-7-10(14)3-2-8(11)6-9-4-5-16-12(9)13/h4-6H,2-3,7H2,1H3. The minimum Gasteiger partial charge on any atom is -0.493 e. The predicted molar refractivity (Wildman–Crippen MR) is 59.8 cm³/mol. The van der Waals surface area contributed by atoms with Crippen LogP contribution in [-0.2, 0) is 17.6 Å². The van der Waals surface area contributed by atoms with Crippen molar-refractivity contribution in [2.45, 2.75) is 19.3 Å². The summed E-state index contributed by atoms with van der Waals surface area (Å²) in [7, 11) is 1.62. The van der Waals surface area contributed by atoms with E-state index >= 15 is 0 Å². The van der Waals surface area contributed by atoms with Gasteiger partial charge in [0.25, 0.3) is 0 Å². The summed E-state index contributed by atoms with van der Waals surface area (Å²) < 4.78 is 10.8. The van der Waals surface area contributed by atoms with Gasteiger partial charge in [-0.2, -0.15) is 0 Å². The summed E-state index contributed by atoms with van der Waals surface area (Å²) in [5, 5.41) is 1.05. The molecule has 0 radical (unpaired) electrons. The fraction of sp³-hybridized carbons (Fsp3) is 0.308. The highest BCUT2D eigenvalue weighted by molar-refractivity contribution is 5.91. The van der Waals surface area contributed by atoms with Gasteiger partial charge >= 0.3 is 0 Å². The minimum absolute atomic E-state index is 0.275. The number of fused-ring (bicyclic) bond motifs is 2. The summed E-state index contributed by atoms with van der Waals surface area (Å²) in [6.45, 7) is 0. The number of ketones is 1. The van der Waals surface area contributed by atoms with Crippen molar-refractivity contribution in [1.29, 1.82) is 0 Å². The monoisotopic (exact) mass is 216 g/mol. The number of rotatable bonds is 1. The van der Waals surface area contributed by atoms with Crippen LogP contribution in [0.5, 0.6) is 5.75 Å². The van der Waals surface area contributed by atoms with Gasteiger partial charge in [-0.25, -0.2) is 0 Å². The van der Waals surface area contributed by atoms with Gasteiger partial charge in [-0.3, -0.25) is 4.79 Å². The molecule has 0 aliphatic heterocycles. The molecule has 1 heterocycles. The molecule has 3 nitrogen and oxygen atoms in total. The van der Waals surface area contributed by atoms with Crippen molar-refractivity contribution in [3.05, 3.63) is 29.5 Å². The van der Waals surface area contributed by atoms with Gasteiger partial charge in [-0.05, 0) is 24.1 Å². The zero-order valence-corrected chi connectivity index (χ0v) is 9.08. The van der Waals surface area contributed by atoms with Crippen LogP contribution in [0, 0.1) is 0 Å². The van der Waals surface area contributed by atoms with Crippen molar-refractivity contribution >= 4 is 16.8 Å². The molecule has 1 aromatic carbocycles. The van der Waals surface area contributed by atoms with Crippen LogP contribution >= 0.6 is 0 Å². The van der Waals surface area contributed by atoms with Crippen LogP contribution in [0.2, 0.25) is 0 Å². The molecular formula is C13H12O3. The van der Waals surface area contributed by atoms with E-state index in [0.717, 1.165) is 28.7 Å². The third-order valence-corrected chi connectivity index (χ3v) is 3.14. The molecule has 1 aliphatic carbocycles. The van der Waals surface area contributed by atoms with E-state index in [9.17, 15) is 4.79 Å². The SMILES string of the molecule is COc1c2c(cc3ccoc13)CCC(=O)C2. The summed E-state index contributed by atoms with van der Waals surface area (Å²) >= 11 is 0. The number of Topliss-reactive ketones (excluding diaryl/α,β-unsaturated/α-hetero) is 1. The topological polar surface area (TPSA) is 39.4 Å². The first-order valence-corrected chi connectivity index (χ1v) is 5.37. The van der Waals surface area contributed by atoms with Crippen molar-refractivity contribution in [2.75, 3.05) is 7.11 Å². The van der Waals surface area contributed by atoms with Gasteiger partial charge in [0.05, 0.1) is 13.4 Å². The normalized spacial score (nSPS) is 15.2. The van der Waals surface area contributed by atoms with Crippen LogP contribution in [0.4, 0.5) is 0 Å². The van der Waals surface area contributed by atoms with Crippen LogP contribution in [0.15, 0.2) is 22.8 Å². The highest BCUT2D eigenvalue weighted by Gasteiger charge is 2.22. The Morgan fingerprint density at radius 1 is 1.38 bits per heavy atom. The molecule has 0 atom stereocenters. The molecule has 1 aromatic heterocycles. The number of methoxy groups -OCH3 is 1. The number of carbonyl (C=O) groups is 1. The first-order chi connectivity index (χ1) is 7.79. The molecule has 2 aromatic rings. The van der Waals surface area contributed by atoms with Crippen LogP contribution in [-0.4, -0.2) is 12.9 Å². The van der Waals surface area contributed by atoms with E-state index in [1.807, 2.05) is 6.07 Å². The lowest BCUT2D eigenvalue weighted by atomic mass is 9.89. The molecule has 0 fully saturated rings. The largest absolute Gasteiger partial charge is 0.493 e. The van der Waals surface area contributed by atoms with Gasteiger partial charge < -0.3 is 9.15 Å². The van der Waals surface area contributed by atoms with E-state index in [2.05, 4.69) is 6.07 Å². The number of ether oxygens (including phenoxy) is 1. The van der Waals surface area contributed by atoms with Gasteiger partial charge in [0.2, 0.25) is 0 Å². The van der Waals surface area contributed by atoms with Gasteiger partial charge in [0.1, 0.15) is 5.78 Å². The molecule has 0 spiro atoms. The van der Waals surface area contributed by atoms with Gasteiger partial charge in [0.15, 0.2) is 11.3 Å². The average molecular weight is 216 g/mol. The van der Waals surface area contributed by atoms with Crippen LogP contribution in [0.25, 0.3) is 11.0 Å². The summed E-state index contributed by atoms with van der Waals surface area (Å²) in [5.41, 5.74) is 2.96. The molecule has 16 heavy (non-hydrogen) atoms. The molecule has 0 N–H and O–H groups in total. The lowest BCUT2D eigenvalue weighted by molar-refractivity contribution is -0.118. The van der Waals surface area contributed by atoms with E-state index < -0.39 is 0 Å². The Bertz CT molecular complexity index is 566. The second-order valence-electron chi connectivity index (χ2n) is 4.10. The summed E-state index contributed by atoms with van der Waals surface area (Å²) in [4.78, 5) is 11.5. The highest BCUT2D eigenvalue weighted by atomic mass is 16.5. The number of benzene rings is 1. The predicted octanol–water partition coefficient (Wildman–Crippen LogP) is 2.50. The fourth-order valence-electron chi connectivity index (χ4n) is 2.37. The number of hydrogen-bond acceptors (Lipinski definition) is 3. The van der Waals surface area contributed by atoms with E-state index in [4.69, 9.17) is 9.15 Å². The third-order valence-electron chi connectivity index (χ3n) is 3.14. The van der Waals surface area contributed by atoms with Crippen LogP contribution < -0.4 is 4.74 Å². The average Bonchev–Trinajstić information content (AvgIpc) is 2.73. The molecule has 1 aliphatic rings. The summed E-state index contributed by atoms with van der Waals surface area (Å²) in [6.07, 6.45) is 3.57. The van der Waals surface area contributed by atoms with E-state index in [-0.39, 0.29) is 5.78 Å². The Labute approximate surface area is 93.0 Å². The lowest BCUT2D eigenvalue weighted by Gasteiger charge is -2.18. The molecule has 0 unspecified atom stereocenters. The Morgan fingerprint density at radius 2 is 2.25 bits per heavy atom. The Kier molecular flexibility index (Phi) is 1.99. The number of carbonyl (C=O) groups excluding carboxylic acids is 1. The summed E-state index contributed by atoms with van der Waals surface area (Å²) in [6, 6.07) is 4.03. The fourth-order valence-corrected chi connectivity index (χ4v) is 2.37. The Morgan fingerprint density at radius 3 is 3.06 bits per heavy atom. The van der Waals surface area contributed by atoms with Gasteiger partial charge in [-0.15, -0.1) is 0 Å². The minimum atomic E-state index is 0.275. The number of hydrogen-bond donors (Lipinski definition) is 0. The zero-order chi connectivity index (χ0) is 11.1. The first kappa shape index (κ1) is 9.46. The van der Waals surface area contributed by atoms with Crippen molar-refractivity contribution in [3.63, 3.8) is 0 Å². The van der Waals surface area contributed by atoms with Crippen molar-refractivity contribution in [1.82, 2.24) is 0 Å². The molecule has 0 bridgehead atoms. The second-order valence-corrected chi connectivity index (χ2v) is 4.10. The summed E-state index contributed by atoms with van der Waals surface area (Å²) in [5.74, 6) is 1.00. The molecular weight excluding hydrogens is 204 g/mol. The first-order valence-electron chi connectivity index (χ1n) is 5.37. The quantitative estimate of drug-likeness (QED) is 0.735. The van der Waals surface area contributed by atoms with Crippen molar-refractivity contribution < 1.29 is 13.9 Å². The lowest BCUT2D eigenvalue weighted by Crippen LogP contribution is -2.14. The highest BCUT2D eigenvalue weighted by Crippen LogP contribution is 2.36. The van der Waals surface area contributed by atoms with Gasteiger partial charge in [-0.1, -0.05) is 0 Å². The van der Waals surface area contributed by atoms with Crippen molar-refractivity contribution in [2.24, 2.45) is 0 Å². The second kappa shape index (κ2) is 3.37. The number of furan rings is 1. The molecule has 0 saturated carbocycles. The van der Waals surface area contributed by atoms with Crippen molar-refractivity contribution in [3.8, 4) is 5.75 Å². The smallest absolute Gasteiger partial charge is 0.175 e. The molecule has 0 saturated heterocycles. The molecule has 0 amide bonds. The maximum Gasteiger partial charge on any atom is 0.175 e.